The van der Waals surface area contributed by atoms with E-state index in [4.69, 9.17) is 10.5 Å². The normalized spacial score (nSPS) is 10.4. The van der Waals surface area contributed by atoms with Gasteiger partial charge in [0.15, 0.2) is 5.78 Å². The molecule has 0 aliphatic heterocycles. The summed E-state index contributed by atoms with van der Waals surface area (Å²) in [7, 11) is 1.56. The first-order valence-corrected chi connectivity index (χ1v) is 6.98. The molecule has 0 amide bonds. The van der Waals surface area contributed by atoms with E-state index in [-0.39, 0.29) is 5.78 Å². The molecule has 0 atom stereocenters. The molecule has 0 aliphatic rings. The Kier molecular flexibility index (Phi) is 4.14. The fourth-order valence-corrected chi connectivity index (χ4v) is 2.28. The van der Waals surface area contributed by atoms with Crippen molar-refractivity contribution in [3.8, 4) is 5.75 Å². The van der Waals surface area contributed by atoms with E-state index in [1.54, 1.807) is 25.3 Å². The molecule has 2 aromatic carbocycles. The summed E-state index contributed by atoms with van der Waals surface area (Å²) in [5.74, 6) is 0.462. The predicted octanol–water partition coefficient (Wildman–Crippen LogP) is 3.89. The Bertz CT molecular complexity index is 680. The first-order valence-electron chi connectivity index (χ1n) is 6.19. The van der Waals surface area contributed by atoms with Gasteiger partial charge in [-0.15, -0.1) is 0 Å². The van der Waals surface area contributed by atoms with Gasteiger partial charge in [0.05, 0.1) is 12.7 Å². The number of ketones is 1. The molecule has 0 bridgehead atoms. The number of halogens is 1. The maximum absolute atomic E-state index is 12.6. The number of hydrogen-bond donors (Lipinski definition) is 1. The number of nitrogens with two attached hydrogens (primary N) is 1. The van der Waals surface area contributed by atoms with E-state index >= 15 is 0 Å². The van der Waals surface area contributed by atoms with Gasteiger partial charge in [-0.05, 0) is 43.2 Å². The molecule has 0 saturated carbocycles. The summed E-state index contributed by atoms with van der Waals surface area (Å²) in [6, 6.07) is 8.95. The van der Waals surface area contributed by atoms with Crippen molar-refractivity contribution in [1.82, 2.24) is 0 Å². The number of hydrogen-bond acceptors (Lipinski definition) is 3. The second kappa shape index (κ2) is 5.67. The minimum atomic E-state index is -0.103. The third-order valence-electron chi connectivity index (χ3n) is 3.27. The zero-order chi connectivity index (χ0) is 14.9. The zero-order valence-corrected chi connectivity index (χ0v) is 13.2. The van der Waals surface area contributed by atoms with Crippen LogP contribution in [0.4, 0.5) is 5.69 Å². The molecular weight excluding hydrogens is 318 g/mol. The smallest absolute Gasteiger partial charge is 0.196 e. The summed E-state index contributed by atoms with van der Waals surface area (Å²) in [5.41, 5.74) is 9.53. The van der Waals surface area contributed by atoms with E-state index in [1.165, 1.54) is 0 Å². The number of nitrogen functional groups attached to an aromatic ring is 1. The molecule has 3 nitrogen and oxygen atoms in total. The molecule has 0 radical (unpaired) electrons. The predicted molar refractivity (Wildman–Crippen MR) is 84.5 cm³/mol. The molecule has 20 heavy (non-hydrogen) atoms. The molecule has 0 saturated heterocycles. The van der Waals surface area contributed by atoms with Crippen molar-refractivity contribution < 1.29 is 9.53 Å². The van der Waals surface area contributed by atoms with Crippen LogP contribution in [0.1, 0.15) is 27.0 Å². The van der Waals surface area contributed by atoms with Gasteiger partial charge in [0.1, 0.15) is 5.75 Å². The first-order chi connectivity index (χ1) is 9.43. The largest absolute Gasteiger partial charge is 0.496 e. The minimum Gasteiger partial charge on any atom is -0.496 e. The highest BCUT2D eigenvalue weighted by Gasteiger charge is 2.16. The van der Waals surface area contributed by atoms with Crippen LogP contribution < -0.4 is 10.5 Å². The summed E-state index contributed by atoms with van der Waals surface area (Å²) >= 11 is 3.44. The van der Waals surface area contributed by atoms with Gasteiger partial charge in [-0.2, -0.15) is 0 Å². The molecule has 0 spiro atoms. The van der Waals surface area contributed by atoms with Crippen LogP contribution in [-0.2, 0) is 0 Å². The Balaban J connectivity index is 2.52. The third-order valence-corrected chi connectivity index (χ3v) is 4.12. The van der Waals surface area contributed by atoms with Crippen LogP contribution in [0.15, 0.2) is 34.8 Å². The lowest BCUT2D eigenvalue weighted by atomic mass is 9.99. The highest BCUT2D eigenvalue weighted by Crippen LogP contribution is 2.29. The van der Waals surface area contributed by atoms with Gasteiger partial charge in [-0.3, -0.25) is 4.79 Å². The van der Waals surface area contributed by atoms with Crippen molar-refractivity contribution in [2.45, 2.75) is 13.8 Å². The molecule has 4 heteroatoms. The monoisotopic (exact) mass is 333 g/mol. The van der Waals surface area contributed by atoms with Crippen LogP contribution in [0.25, 0.3) is 0 Å². The first kappa shape index (κ1) is 14.6. The van der Waals surface area contributed by atoms with Crippen molar-refractivity contribution in [1.29, 1.82) is 0 Å². The quantitative estimate of drug-likeness (QED) is 0.684. The van der Waals surface area contributed by atoms with Crippen molar-refractivity contribution in [3.05, 3.63) is 57.1 Å². The highest BCUT2D eigenvalue weighted by atomic mass is 79.9. The Labute approximate surface area is 126 Å². The van der Waals surface area contributed by atoms with Crippen LogP contribution in [0.5, 0.6) is 5.75 Å². The van der Waals surface area contributed by atoms with E-state index in [0.29, 0.717) is 22.6 Å². The number of aryl methyl sites for hydroxylation is 2. The fraction of sp³-hybridized carbons (Fsp3) is 0.188. The van der Waals surface area contributed by atoms with Gasteiger partial charge in [0.25, 0.3) is 0 Å². The SMILES string of the molecule is COc1cc(C)c(Br)cc1C(=O)c1ccc(C)c(N)c1. The summed E-state index contributed by atoms with van der Waals surface area (Å²) in [4.78, 5) is 12.6. The molecule has 2 rings (SSSR count). The average molecular weight is 334 g/mol. The van der Waals surface area contributed by atoms with E-state index < -0.39 is 0 Å². The lowest BCUT2D eigenvalue weighted by Gasteiger charge is -2.11. The van der Waals surface area contributed by atoms with Crippen LogP contribution >= 0.6 is 15.9 Å². The van der Waals surface area contributed by atoms with Gasteiger partial charge < -0.3 is 10.5 Å². The molecule has 0 unspecified atom stereocenters. The third kappa shape index (κ3) is 2.70. The van der Waals surface area contributed by atoms with E-state index in [1.807, 2.05) is 26.0 Å². The number of carbonyl (C=O) groups is 1. The number of ether oxygens (including phenoxy) is 1. The second-order valence-electron chi connectivity index (χ2n) is 4.70. The lowest BCUT2D eigenvalue weighted by molar-refractivity contribution is 0.103. The Morgan fingerprint density at radius 2 is 1.85 bits per heavy atom. The minimum absolute atomic E-state index is 0.103. The van der Waals surface area contributed by atoms with Crippen LogP contribution in [0.3, 0.4) is 0 Å². The van der Waals surface area contributed by atoms with E-state index in [0.717, 1.165) is 15.6 Å². The molecule has 0 aliphatic carbocycles. The molecule has 104 valence electrons. The van der Waals surface area contributed by atoms with Gasteiger partial charge in [-0.1, -0.05) is 28.1 Å². The van der Waals surface area contributed by atoms with Crippen molar-refractivity contribution >= 4 is 27.4 Å². The van der Waals surface area contributed by atoms with Crippen LogP contribution in [0, 0.1) is 13.8 Å². The zero-order valence-electron chi connectivity index (χ0n) is 11.7. The molecular formula is C16H16BrNO2. The number of methoxy groups -OCH3 is 1. The Hall–Kier alpha value is -1.81. The standard InChI is InChI=1S/C16H16BrNO2/c1-9-4-5-11(7-14(9)18)16(19)12-8-13(17)10(2)6-15(12)20-3/h4-8H,18H2,1-3H3. The molecule has 0 heterocycles. The Morgan fingerprint density at radius 3 is 2.45 bits per heavy atom. The molecule has 0 aromatic heterocycles. The summed E-state index contributed by atoms with van der Waals surface area (Å²) in [6.45, 7) is 3.86. The van der Waals surface area contributed by atoms with Crippen molar-refractivity contribution in [3.63, 3.8) is 0 Å². The van der Waals surface area contributed by atoms with Gasteiger partial charge in [0.2, 0.25) is 0 Å². The molecule has 0 fully saturated rings. The lowest BCUT2D eigenvalue weighted by Crippen LogP contribution is -2.06. The average Bonchev–Trinajstić information content (AvgIpc) is 2.43. The molecule has 2 N–H and O–H groups in total. The van der Waals surface area contributed by atoms with Gasteiger partial charge in [0, 0.05) is 15.7 Å². The van der Waals surface area contributed by atoms with Gasteiger partial charge >= 0.3 is 0 Å². The van der Waals surface area contributed by atoms with E-state index in [9.17, 15) is 4.79 Å². The second-order valence-corrected chi connectivity index (χ2v) is 5.56. The number of benzene rings is 2. The fourth-order valence-electron chi connectivity index (χ4n) is 1.94. The Morgan fingerprint density at radius 1 is 1.15 bits per heavy atom. The highest BCUT2D eigenvalue weighted by molar-refractivity contribution is 9.10. The topological polar surface area (TPSA) is 52.3 Å². The number of anilines is 1. The van der Waals surface area contributed by atoms with Crippen LogP contribution in [0.2, 0.25) is 0 Å². The molecule has 2 aromatic rings. The van der Waals surface area contributed by atoms with Crippen LogP contribution in [-0.4, -0.2) is 12.9 Å². The number of carbonyl (C=O) groups excluding carboxylic acids is 1. The van der Waals surface area contributed by atoms with Gasteiger partial charge in [-0.25, -0.2) is 0 Å². The van der Waals surface area contributed by atoms with Crippen molar-refractivity contribution in [2.75, 3.05) is 12.8 Å². The van der Waals surface area contributed by atoms with Crippen molar-refractivity contribution in [2.24, 2.45) is 0 Å². The maximum atomic E-state index is 12.6. The maximum Gasteiger partial charge on any atom is 0.196 e. The summed E-state index contributed by atoms with van der Waals surface area (Å²) in [6.07, 6.45) is 0. The summed E-state index contributed by atoms with van der Waals surface area (Å²) in [5, 5.41) is 0. The van der Waals surface area contributed by atoms with E-state index in [2.05, 4.69) is 15.9 Å². The number of rotatable bonds is 3. The summed E-state index contributed by atoms with van der Waals surface area (Å²) < 4.78 is 6.18.